The van der Waals surface area contributed by atoms with Crippen LogP contribution in [-0.4, -0.2) is 26.2 Å². The molecular weight excluding hydrogens is 266 g/mol. The van der Waals surface area contributed by atoms with E-state index in [2.05, 4.69) is 5.32 Å². The molecule has 1 aromatic carbocycles. The average molecular weight is 289 g/mol. The zero-order valence-corrected chi connectivity index (χ0v) is 12.5. The molecule has 2 saturated carbocycles. The van der Waals surface area contributed by atoms with E-state index >= 15 is 0 Å². The lowest BCUT2D eigenvalue weighted by molar-refractivity contribution is -0.126. The van der Waals surface area contributed by atoms with E-state index in [0.717, 1.165) is 17.9 Å². The number of ether oxygens (including phenoxy) is 2. The molecule has 0 radical (unpaired) electrons. The van der Waals surface area contributed by atoms with Crippen molar-refractivity contribution in [2.45, 2.75) is 31.7 Å². The lowest BCUT2D eigenvalue weighted by Gasteiger charge is -2.19. The number of rotatable bonds is 8. The number of amides is 1. The fourth-order valence-corrected chi connectivity index (χ4v) is 2.53. The van der Waals surface area contributed by atoms with Crippen LogP contribution in [0.3, 0.4) is 0 Å². The highest BCUT2D eigenvalue weighted by Crippen LogP contribution is 2.41. The largest absolute Gasteiger partial charge is 0.497 e. The minimum atomic E-state index is -0.0108. The van der Waals surface area contributed by atoms with Crippen LogP contribution < -0.4 is 10.1 Å². The third-order valence-corrected chi connectivity index (χ3v) is 4.17. The van der Waals surface area contributed by atoms with E-state index in [1.165, 1.54) is 25.7 Å². The molecule has 21 heavy (non-hydrogen) atoms. The van der Waals surface area contributed by atoms with Crippen molar-refractivity contribution in [1.82, 2.24) is 5.32 Å². The van der Waals surface area contributed by atoms with Crippen molar-refractivity contribution >= 4 is 5.91 Å². The summed E-state index contributed by atoms with van der Waals surface area (Å²) in [5, 5.41) is 3.12. The average Bonchev–Trinajstić information content (AvgIpc) is 3.38. The summed E-state index contributed by atoms with van der Waals surface area (Å²) in [6.45, 7) is 0.903. The van der Waals surface area contributed by atoms with Gasteiger partial charge in [-0.2, -0.15) is 0 Å². The summed E-state index contributed by atoms with van der Waals surface area (Å²) >= 11 is 0. The number of methoxy groups -OCH3 is 1. The van der Waals surface area contributed by atoms with E-state index in [1.54, 1.807) is 7.11 Å². The zero-order chi connectivity index (χ0) is 14.7. The molecule has 4 nitrogen and oxygen atoms in total. The maximum absolute atomic E-state index is 12.0. The Morgan fingerprint density at radius 3 is 2.52 bits per heavy atom. The molecule has 1 N–H and O–H groups in total. The van der Waals surface area contributed by atoms with Crippen LogP contribution in [0.5, 0.6) is 5.75 Å². The van der Waals surface area contributed by atoms with Crippen molar-refractivity contribution in [3.63, 3.8) is 0 Å². The second-order valence-corrected chi connectivity index (χ2v) is 6.11. The van der Waals surface area contributed by atoms with Gasteiger partial charge < -0.3 is 14.8 Å². The minimum Gasteiger partial charge on any atom is -0.497 e. The summed E-state index contributed by atoms with van der Waals surface area (Å²) in [6, 6.07) is 8.06. The van der Waals surface area contributed by atoms with Crippen molar-refractivity contribution < 1.29 is 14.3 Å². The number of hydrogen-bond donors (Lipinski definition) is 1. The molecule has 0 spiro atoms. The van der Waals surface area contributed by atoms with Crippen molar-refractivity contribution in [3.05, 3.63) is 29.8 Å². The van der Waals surface area contributed by atoms with E-state index in [1.807, 2.05) is 24.3 Å². The molecule has 114 valence electrons. The van der Waals surface area contributed by atoms with Gasteiger partial charge in [-0.05, 0) is 55.2 Å². The van der Waals surface area contributed by atoms with Crippen LogP contribution in [0.15, 0.2) is 24.3 Å². The Labute approximate surface area is 125 Å². The maximum Gasteiger partial charge on any atom is 0.246 e. The van der Waals surface area contributed by atoms with Crippen molar-refractivity contribution in [3.8, 4) is 5.75 Å². The molecule has 1 aromatic rings. The standard InChI is InChI=1S/C17H23NO3/c1-20-15-8-6-14(7-9-15)17(13-4-5-13)18-16(19)11-21-10-12-2-3-12/h6-9,12-13,17H,2-5,10-11H2,1H3,(H,18,19)/t17-/m0/s1. The predicted octanol–water partition coefficient (Wildman–Crippen LogP) is 2.69. The molecular formula is C17H23NO3. The van der Waals surface area contributed by atoms with Gasteiger partial charge in [0.05, 0.1) is 19.8 Å². The minimum absolute atomic E-state index is 0.0108. The van der Waals surface area contributed by atoms with Gasteiger partial charge in [0.1, 0.15) is 12.4 Å². The van der Waals surface area contributed by atoms with Gasteiger partial charge in [0.2, 0.25) is 5.91 Å². The number of benzene rings is 1. The Morgan fingerprint density at radius 1 is 1.24 bits per heavy atom. The van der Waals surface area contributed by atoms with E-state index < -0.39 is 0 Å². The zero-order valence-electron chi connectivity index (χ0n) is 12.5. The van der Waals surface area contributed by atoms with Crippen molar-refractivity contribution in [1.29, 1.82) is 0 Å². The molecule has 0 heterocycles. The van der Waals surface area contributed by atoms with Crippen LogP contribution in [0, 0.1) is 11.8 Å². The molecule has 0 bridgehead atoms. The van der Waals surface area contributed by atoms with Gasteiger partial charge in [0.15, 0.2) is 0 Å². The number of carbonyl (C=O) groups is 1. The monoisotopic (exact) mass is 289 g/mol. The van der Waals surface area contributed by atoms with E-state index in [-0.39, 0.29) is 18.6 Å². The van der Waals surface area contributed by atoms with Crippen LogP contribution in [-0.2, 0) is 9.53 Å². The van der Waals surface area contributed by atoms with Crippen molar-refractivity contribution in [2.24, 2.45) is 11.8 Å². The van der Waals surface area contributed by atoms with Crippen LogP contribution in [0.4, 0.5) is 0 Å². The fraction of sp³-hybridized carbons (Fsp3) is 0.588. The van der Waals surface area contributed by atoms with Gasteiger partial charge in [-0.25, -0.2) is 0 Å². The second kappa shape index (κ2) is 6.48. The van der Waals surface area contributed by atoms with Gasteiger partial charge >= 0.3 is 0 Å². The smallest absolute Gasteiger partial charge is 0.246 e. The predicted molar refractivity (Wildman–Crippen MR) is 80.1 cm³/mol. The van der Waals surface area contributed by atoms with E-state index in [4.69, 9.17) is 9.47 Å². The van der Waals surface area contributed by atoms with Crippen LogP contribution in [0.1, 0.15) is 37.3 Å². The highest BCUT2D eigenvalue weighted by Gasteiger charge is 2.33. The summed E-state index contributed by atoms with van der Waals surface area (Å²) < 4.78 is 10.6. The summed E-state index contributed by atoms with van der Waals surface area (Å²) in [5.74, 6) is 2.08. The van der Waals surface area contributed by atoms with Crippen LogP contribution in [0.2, 0.25) is 0 Å². The first-order valence-electron chi connectivity index (χ1n) is 7.77. The normalized spacial score (nSPS) is 19.1. The first-order chi connectivity index (χ1) is 10.3. The molecule has 3 rings (SSSR count). The first-order valence-corrected chi connectivity index (χ1v) is 7.77. The lowest BCUT2D eigenvalue weighted by Crippen LogP contribution is -2.33. The maximum atomic E-state index is 12.0. The third-order valence-electron chi connectivity index (χ3n) is 4.17. The van der Waals surface area contributed by atoms with Crippen LogP contribution in [0.25, 0.3) is 0 Å². The van der Waals surface area contributed by atoms with Gasteiger partial charge in [0.25, 0.3) is 0 Å². The molecule has 0 unspecified atom stereocenters. The summed E-state index contributed by atoms with van der Waals surface area (Å²) in [6.07, 6.45) is 4.86. The molecule has 2 fully saturated rings. The number of carbonyl (C=O) groups excluding carboxylic acids is 1. The fourth-order valence-electron chi connectivity index (χ4n) is 2.53. The van der Waals surface area contributed by atoms with Gasteiger partial charge in [-0.15, -0.1) is 0 Å². The Bertz CT molecular complexity index is 477. The Kier molecular flexibility index (Phi) is 4.44. The third kappa shape index (κ3) is 4.21. The lowest BCUT2D eigenvalue weighted by atomic mass is 10.0. The molecule has 0 aromatic heterocycles. The molecule has 1 amide bonds. The second-order valence-electron chi connectivity index (χ2n) is 6.11. The van der Waals surface area contributed by atoms with Crippen LogP contribution >= 0.6 is 0 Å². The van der Waals surface area contributed by atoms with E-state index in [0.29, 0.717) is 11.8 Å². The summed E-state index contributed by atoms with van der Waals surface area (Å²) in [5.41, 5.74) is 1.15. The molecule has 2 aliphatic carbocycles. The van der Waals surface area contributed by atoms with Crippen molar-refractivity contribution in [2.75, 3.05) is 20.3 Å². The molecule has 0 saturated heterocycles. The highest BCUT2D eigenvalue weighted by atomic mass is 16.5. The Balaban J connectivity index is 1.54. The Morgan fingerprint density at radius 2 is 1.95 bits per heavy atom. The quantitative estimate of drug-likeness (QED) is 0.800. The SMILES string of the molecule is COc1ccc([C@@H](NC(=O)COCC2CC2)C2CC2)cc1. The summed E-state index contributed by atoms with van der Waals surface area (Å²) in [4.78, 5) is 12.0. The molecule has 2 aliphatic rings. The van der Waals surface area contributed by atoms with Gasteiger partial charge in [0, 0.05) is 0 Å². The summed E-state index contributed by atoms with van der Waals surface area (Å²) in [7, 11) is 1.66. The Hall–Kier alpha value is -1.55. The van der Waals surface area contributed by atoms with Gasteiger partial charge in [-0.3, -0.25) is 4.79 Å². The first kappa shape index (κ1) is 14.4. The van der Waals surface area contributed by atoms with E-state index in [9.17, 15) is 4.79 Å². The number of nitrogens with one attached hydrogen (secondary N) is 1. The molecule has 4 heteroatoms. The molecule has 0 aliphatic heterocycles. The number of hydrogen-bond acceptors (Lipinski definition) is 3. The highest BCUT2D eigenvalue weighted by molar-refractivity contribution is 5.77. The topological polar surface area (TPSA) is 47.6 Å². The van der Waals surface area contributed by atoms with Gasteiger partial charge in [-0.1, -0.05) is 12.1 Å². The molecule has 1 atom stereocenters.